The molecule has 1 saturated carbocycles. The summed E-state index contributed by atoms with van der Waals surface area (Å²) >= 11 is 5.01. The molecule has 0 heterocycles. The minimum atomic E-state index is -3.35. The van der Waals surface area contributed by atoms with Gasteiger partial charge in [-0.25, -0.2) is 8.42 Å². The molecule has 0 spiro atoms. The Bertz CT molecular complexity index is 608. The van der Waals surface area contributed by atoms with Crippen LogP contribution in [0.2, 0.25) is 0 Å². The van der Waals surface area contributed by atoms with E-state index in [1.165, 1.54) is 10.7 Å². The topological polar surface area (TPSA) is 63.4 Å². The Balaban J connectivity index is 2.21. The van der Waals surface area contributed by atoms with Crippen LogP contribution < -0.4 is 10.0 Å². The van der Waals surface area contributed by atoms with E-state index in [9.17, 15) is 8.42 Å². The summed E-state index contributed by atoms with van der Waals surface area (Å²) in [7, 11) is -1.77. The van der Waals surface area contributed by atoms with E-state index in [4.69, 9.17) is 18.0 Å². The van der Waals surface area contributed by atoms with Crippen molar-refractivity contribution < 1.29 is 8.42 Å². The van der Waals surface area contributed by atoms with Gasteiger partial charge in [0.25, 0.3) is 0 Å². The Hall–Kier alpha value is -1.14. The van der Waals surface area contributed by atoms with Crippen LogP contribution in [0.4, 0.5) is 5.69 Å². The molecule has 1 aliphatic rings. The van der Waals surface area contributed by atoms with E-state index in [0.29, 0.717) is 11.3 Å². The monoisotopic (exact) mass is 326 g/mol. The largest absolute Gasteiger partial charge is 0.389 e. The molecule has 0 aromatic heterocycles. The molecular formula is C15H22N2O2S2. The molecule has 2 rings (SSSR count). The van der Waals surface area contributed by atoms with Crippen molar-refractivity contribution in [3.8, 4) is 0 Å². The maximum atomic E-state index is 12.6. The summed E-state index contributed by atoms with van der Waals surface area (Å²) in [6, 6.07) is 7.10. The van der Waals surface area contributed by atoms with Crippen LogP contribution in [0, 0.1) is 5.92 Å². The zero-order valence-corrected chi connectivity index (χ0v) is 13.9. The summed E-state index contributed by atoms with van der Waals surface area (Å²) in [6.07, 6.45) is 5.49. The van der Waals surface area contributed by atoms with Gasteiger partial charge in [-0.15, -0.1) is 0 Å². The number of benzene rings is 1. The average Bonchev–Trinajstić information content (AvgIpc) is 2.47. The van der Waals surface area contributed by atoms with Crippen LogP contribution in [0.25, 0.3) is 0 Å². The molecule has 0 aliphatic heterocycles. The van der Waals surface area contributed by atoms with Gasteiger partial charge < -0.3 is 5.73 Å². The van der Waals surface area contributed by atoms with Gasteiger partial charge in [0.15, 0.2) is 0 Å². The van der Waals surface area contributed by atoms with Crippen LogP contribution in [0.1, 0.15) is 37.7 Å². The highest BCUT2D eigenvalue weighted by Crippen LogP contribution is 2.28. The van der Waals surface area contributed by atoms with Gasteiger partial charge in [-0.1, -0.05) is 43.6 Å². The molecule has 0 radical (unpaired) electrons. The van der Waals surface area contributed by atoms with Crippen LogP contribution in [-0.2, 0) is 10.0 Å². The SMILES string of the molecule is CN(c1ccccc1C(N)=S)S(=O)(=O)CC1CCCCC1. The molecule has 0 saturated heterocycles. The number of nitrogens with two attached hydrogens (primary N) is 1. The number of para-hydroxylation sites is 1. The number of thiocarbonyl (C=S) groups is 1. The molecule has 0 unspecified atom stereocenters. The lowest BCUT2D eigenvalue weighted by Crippen LogP contribution is -2.34. The van der Waals surface area contributed by atoms with Crippen molar-refractivity contribution in [3.05, 3.63) is 29.8 Å². The zero-order valence-electron chi connectivity index (χ0n) is 12.3. The van der Waals surface area contributed by atoms with Gasteiger partial charge >= 0.3 is 0 Å². The lowest BCUT2D eigenvalue weighted by Gasteiger charge is -2.26. The normalized spacial score (nSPS) is 16.6. The summed E-state index contributed by atoms with van der Waals surface area (Å²) in [4.78, 5) is 0.213. The van der Waals surface area contributed by atoms with Crippen molar-refractivity contribution in [1.82, 2.24) is 0 Å². The van der Waals surface area contributed by atoms with Crippen LogP contribution >= 0.6 is 12.2 Å². The first-order valence-corrected chi connectivity index (χ1v) is 9.29. The first-order valence-electron chi connectivity index (χ1n) is 7.27. The van der Waals surface area contributed by atoms with Crippen molar-refractivity contribution in [2.45, 2.75) is 32.1 Å². The Kier molecular flexibility index (Phi) is 5.22. The number of nitrogens with zero attached hydrogens (tertiary/aromatic N) is 1. The Morgan fingerprint density at radius 3 is 2.52 bits per heavy atom. The van der Waals surface area contributed by atoms with Gasteiger partial charge in [-0.3, -0.25) is 4.31 Å². The molecule has 1 aromatic carbocycles. The van der Waals surface area contributed by atoms with E-state index >= 15 is 0 Å². The number of hydrogen-bond acceptors (Lipinski definition) is 3. The van der Waals surface area contributed by atoms with E-state index < -0.39 is 10.0 Å². The lowest BCUT2D eigenvalue weighted by molar-refractivity contribution is 0.385. The quantitative estimate of drug-likeness (QED) is 0.845. The fourth-order valence-corrected chi connectivity index (χ4v) is 4.65. The number of sulfonamides is 1. The summed E-state index contributed by atoms with van der Waals surface area (Å²) in [5.74, 6) is 0.470. The minimum absolute atomic E-state index is 0.204. The molecule has 2 N–H and O–H groups in total. The molecule has 1 aliphatic carbocycles. The Labute approximate surface area is 132 Å². The van der Waals surface area contributed by atoms with E-state index in [1.807, 2.05) is 0 Å². The second-order valence-electron chi connectivity index (χ2n) is 5.63. The fourth-order valence-electron chi connectivity index (χ4n) is 2.87. The second kappa shape index (κ2) is 6.75. The van der Waals surface area contributed by atoms with Gasteiger partial charge in [0.1, 0.15) is 4.99 Å². The van der Waals surface area contributed by atoms with Gasteiger partial charge in [0, 0.05) is 12.6 Å². The predicted molar refractivity (Wildman–Crippen MR) is 91.1 cm³/mol. The standard InChI is InChI=1S/C15H22N2O2S2/c1-17(14-10-6-5-9-13(14)15(16)20)21(18,19)11-12-7-3-2-4-8-12/h5-6,9-10,12H,2-4,7-8,11H2,1H3,(H2,16,20). The van der Waals surface area contributed by atoms with Crippen molar-refractivity contribution in [3.63, 3.8) is 0 Å². The summed E-state index contributed by atoms with van der Waals surface area (Å²) in [6.45, 7) is 0. The highest BCUT2D eigenvalue weighted by Gasteiger charge is 2.26. The van der Waals surface area contributed by atoms with Crippen LogP contribution in [-0.4, -0.2) is 26.2 Å². The minimum Gasteiger partial charge on any atom is -0.389 e. The molecule has 1 aromatic rings. The molecule has 0 atom stereocenters. The van der Waals surface area contributed by atoms with E-state index in [0.717, 1.165) is 25.7 Å². The lowest BCUT2D eigenvalue weighted by atomic mass is 9.91. The zero-order chi connectivity index (χ0) is 15.5. The van der Waals surface area contributed by atoms with Crippen molar-refractivity contribution in [1.29, 1.82) is 0 Å². The molecule has 6 heteroatoms. The highest BCUT2D eigenvalue weighted by molar-refractivity contribution is 7.92. The average molecular weight is 326 g/mol. The van der Waals surface area contributed by atoms with Crippen molar-refractivity contribution >= 4 is 32.9 Å². The van der Waals surface area contributed by atoms with E-state index in [-0.39, 0.29) is 16.7 Å². The van der Waals surface area contributed by atoms with Gasteiger partial charge in [0.05, 0.1) is 11.4 Å². The number of hydrogen-bond donors (Lipinski definition) is 1. The third-order valence-corrected chi connectivity index (χ3v) is 6.24. The number of anilines is 1. The first kappa shape index (κ1) is 16.2. The molecule has 0 bridgehead atoms. The fraction of sp³-hybridized carbons (Fsp3) is 0.533. The molecule has 21 heavy (non-hydrogen) atoms. The summed E-state index contributed by atoms with van der Waals surface area (Å²) in [5.41, 5.74) is 6.85. The molecule has 1 fully saturated rings. The molecule has 0 amide bonds. The third-order valence-electron chi connectivity index (χ3n) is 4.10. The van der Waals surface area contributed by atoms with Crippen LogP contribution in [0.15, 0.2) is 24.3 Å². The smallest absolute Gasteiger partial charge is 0.235 e. The first-order chi connectivity index (χ1) is 9.92. The maximum absolute atomic E-state index is 12.6. The van der Waals surface area contributed by atoms with Gasteiger partial charge in [-0.2, -0.15) is 0 Å². The van der Waals surface area contributed by atoms with Gasteiger partial charge in [-0.05, 0) is 30.9 Å². The second-order valence-corrected chi connectivity index (χ2v) is 8.12. The third kappa shape index (κ3) is 3.95. The van der Waals surface area contributed by atoms with Crippen molar-refractivity contribution in [2.75, 3.05) is 17.1 Å². The van der Waals surface area contributed by atoms with E-state index in [2.05, 4.69) is 0 Å². The van der Waals surface area contributed by atoms with Crippen LogP contribution in [0.5, 0.6) is 0 Å². The van der Waals surface area contributed by atoms with Crippen LogP contribution in [0.3, 0.4) is 0 Å². The van der Waals surface area contributed by atoms with E-state index in [1.54, 1.807) is 31.3 Å². The molecular weight excluding hydrogens is 304 g/mol. The Morgan fingerprint density at radius 2 is 1.90 bits per heavy atom. The molecule has 4 nitrogen and oxygen atoms in total. The maximum Gasteiger partial charge on any atom is 0.235 e. The van der Waals surface area contributed by atoms with Gasteiger partial charge in [0.2, 0.25) is 10.0 Å². The Morgan fingerprint density at radius 1 is 1.29 bits per heavy atom. The highest BCUT2D eigenvalue weighted by atomic mass is 32.2. The summed E-state index contributed by atoms with van der Waals surface area (Å²) in [5, 5.41) is 0. The predicted octanol–water partition coefficient (Wildman–Crippen LogP) is 2.67. The molecule has 116 valence electrons. The number of rotatable bonds is 5. The van der Waals surface area contributed by atoms with Crippen molar-refractivity contribution in [2.24, 2.45) is 11.7 Å². The summed E-state index contributed by atoms with van der Waals surface area (Å²) < 4.78 is 26.6.